The van der Waals surface area contributed by atoms with Crippen LogP contribution >= 0.6 is 0 Å². The van der Waals surface area contributed by atoms with Crippen LogP contribution in [-0.4, -0.2) is 44.8 Å². The Morgan fingerprint density at radius 1 is 0.853 bits per heavy atom. The van der Waals surface area contributed by atoms with Gasteiger partial charge in [-0.1, -0.05) is 59.8 Å². The number of carbonyl (C=O) groups excluding carboxylic acids is 2. The smallest absolute Gasteiger partial charge is 0.253 e. The second-order valence-corrected chi connectivity index (χ2v) is 8.70. The van der Waals surface area contributed by atoms with Gasteiger partial charge in [-0.3, -0.25) is 9.59 Å². The third-order valence-corrected chi connectivity index (χ3v) is 6.42. The molecule has 0 saturated carbocycles. The first-order valence-corrected chi connectivity index (χ1v) is 11.7. The Morgan fingerprint density at radius 2 is 1.56 bits per heavy atom. The van der Waals surface area contributed by atoms with Gasteiger partial charge in [0.25, 0.3) is 5.91 Å². The van der Waals surface area contributed by atoms with Gasteiger partial charge in [0, 0.05) is 31.1 Å². The average molecular weight is 454 g/mol. The second-order valence-electron chi connectivity index (χ2n) is 8.70. The lowest BCUT2D eigenvalue weighted by Crippen LogP contribution is -2.42. The van der Waals surface area contributed by atoms with Crippen molar-refractivity contribution in [2.75, 3.05) is 13.1 Å². The van der Waals surface area contributed by atoms with Crippen LogP contribution in [0.25, 0.3) is 11.0 Å². The third kappa shape index (κ3) is 4.83. The number of piperidine rings is 1. The van der Waals surface area contributed by atoms with E-state index in [9.17, 15) is 9.59 Å². The minimum atomic E-state index is -0.0485. The molecular weight excluding hydrogens is 426 g/mol. The first kappa shape index (κ1) is 21.8. The number of hydrogen-bond acceptors (Lipinski definition) is 4. The summed E-state index contributed by atoms with van der Waals surface area (Å²) >= 11 is 0. The van der Waals surface area contributed by atoms with E-state index in [0.717, 1.165) is 22.2 Å². The topological polar surface area (TPSA) is 80.1 Å². The molecule has 2 amide bonds. The molecule has 1 fully saturated rings. The number of nitrogens with zero attached hydrogens (tertiary/aromatic N) is 4. The number of amides is 2. The Balaban J connectivity index is 1.14. The Bertz CT molecular complexity index is 1280. The largest absolute Gasteiger partial charge is 0.352 e. The van der Waals surface area contributed by atoms with Crippen LogP contribution in [0.2, 0.25) is 0 Å². The summed E-state index contributed by atoms with van der Waals surface area (Å²) in [5.74, 6) is 0.0366. The van der Waals surface area contributed by atoms with Crippen molar-refractivity contribution < 1.29 is 9.59 Å². The fourth-order valence-corrected chi connectivity index (χ4v) is 4.42. The maximum Gasteiger partial charge on any atom is 0.253 e. The van der Waals surface area contributed by atoms with Gasteiger partial charge in [-0.2, -0.15) is 0 Å². The van der Waals surface area contributed by atoms with E-state index < -0.39 is 0 Å². The number of carbonyl (C=O) groups is 2. The normalized spacial score (nSPS) is 14.3. The number of likely N-dealkylation sites (tertiary alicyclic amines) is 1. The summed E-state index contributed by atoms with van der Waals surface area (Å²) in [6, 6.07) is 25.4. The minimum Gasteiger partial charge on any atom is -0.352 e. The molecule has 0 atom stereocenters. The molecule has 34 heavy (non-hydrogen) atoms. The van der Waals surface area contributed by atoms with E-state index in [1.807, 2.05) is 88.4 Å². The summed E-state index contributed by atoms with van der Waals surface area (Å²) in [5, 5.41) is 11.4. The van der Waals surface area contributed by atoms with Crippen LogP contribution in [0.5, 0.6) is 0 Å². The summed E-state index contributed by atoms with van der Waals surface area (Å²) in [6.07, 6.45) is 1.37. The van der Waals surface area contributed by atoms with Crippen LogP contribution < -0.4 is 5.32 Å². The lowest BCUT2D eigenvalue weighted by atomic mass is 9.95. The van der Waals surface area contributed by atoms with Gasteiger partial charge >= 0.3 is 0 Å². The van der Waals surface area contributed by atoms with Crippen molar-refractivity contribution in [3.63, 3.8) is 0 Å². The summed E-state index contributed by atoms with van der Waals surface area (Å²) in [5.41, 5.74) is 4.66. The molecule has 0 spiro atoms. The van der Waals surface area contributed by atoms with Gasteiger partial charge in [-0.25, -0.2) is 4.68 Å². The van der Waals surface area contributed by atoms with E-state index >= 15 is 0 Å². The van der Waals surface area contributed by atoms with Crippen molar-refractivity contribution in [2.45, 2.75) is 25.9 Å². The number of fused-ring (bicyclic) bond motifs is 1. The van der Waals surface area contributed by atoms with Crippen LogP contribution in [0.4, 0.5) is 0 Å². The average Bonchev–Trinajstić information content (AvgIpc) is 3.31. The summed E-state index contributed by atoms with van der Waals surface area (Å²) < 4.78 is 1.86. The van der Waals surface area contributed by atoms with Gasteiger partial charge < -0.3 is 10.2 Å². The van der Waals surface area contributed by atoms with Crippen molar-refractivity contribution in [1.29, 1.82) is 0 Å². The van der Waals surface area contributed by atoms with Crippen molar-refractivity contribution in [3.05, 3.63) is 95.6 Å². The highest BCUT2D eigenvalue weighted by atomic mass is 16.2. The molecule has 7 heteroatoms. The highest BCUT2D eigenvalue weighted by molar-refractivity contribution is 5.94. The highest BCUT2D eigenvalue weighted by Gasteiger charge is 2.27. The van der Waals surface area contributed by atoms with Crippen molar-refractivity contribution in [1.82, 2.24) is 25.2 Å². The molecule has 1 N–H and O–H groups in total. The van der Waals surface area contributed by atoms with Crippen molar-refractivity contribution in [2.24, 2.45) is 5.92 Å². The van der Waals surface area contributed by atoms with Crippen molar-refractivity contribution in [3.8, 4) is 0 Å². The molecule has 5 rings (SSSR count). The monoisotopic (exact) mass is 453 g/mol. The summed E-state index contributed by atoms with van der Waals surface area (Å²) in [7, 11) is 0. The number of para-hydroxylation sites is 1. The van der Waals surface area contributed by atoms with E-state index in [4.69, 9.17) is 0 Å². The van der Waals surface area contributed by atoms with E-state index in [0.29, 0.717) is 44.6 Å². The van der Waals surface area contributed by atoms with Crippen LogP contribution in [-0.2, 0) is 17.9 Å². The number of hydrogen-bond donors (Lipinski definition) is 1. The van der Waals surface area contributed by atoms with Gasteiger partial charge in [0.15, 0.2) is 0 Å². The lowest BCUT2D eigenvalue weighted by molar-refractivity contribution is -0.126. The van der Waals surface area contributed by atoms with Crippen LogP contribution in [0, 0.1) is 5.92 Å². The van der Waals surface area contributed by atoms with E-state index in [-0.39, 0.29) is 17.7 Å². The quantitative estimate of drug-likeness (QED) is 0.483. The van der Waals surface area contributed by atoms with E-state index in [1.54, 1.807) is 0 Å². The molecular formula is C27H27N5O2. The van der Waals surface area contributed by atoms with Gasteiger partial charge in [0.2, 0.25) is 5.91 Å². The number of rotatable bonds is 6. The zero-order valence-corrected chi connectivity index (χ0v) is 18.9. The summed E-state index contributed by atoms with van der Waals surface area (Å²) in [4.78, 5) is 27.4. The molecule has 1 aromatic heterocycles. The maximum atomic E-state index is 13.0. The zero-order valence-electron chi connectivity index (χ0n) is 18.9. The summed E-state index contributed by atoms with van der Waals surface area (Å²) in [6.45, 7) is 2.32. The first-order chi connectivity index (χ1) is 16.7. The molecule has 1 aliphatic rings. The third-order valence-electron chi connectivity index (χ3n) is 6.42. The number of benzene rings is 3. The number of nitrogens with one attached hydrogen (secondary N) is 1. The molecule has 0 bridgehead atoms. The fraction of sp³-hybridized carbons (Fsp3) is 0.259. The molecule has 4 aromatic rings. The van der Waals surface area contributed by atoms with E-state index in [1.165, 1.54) is 0 Å². The van der Waals surface area contributed by atoms with Crippen LogP contribution in [0.1, 0.15) is 34.3 Å². The first-order valence-electron chi connectivity index (χ1n) is 11.7. The predicted octanol–water partition coefficient (Wildman–Crippen LogP) is 3.65. The molecule has 2 heterocycles. The van der Waals surface area contributed by atoms with E-state index in [2.05, 4.69) is 15.6 Å². The Morgan fingerprint density at radius 3 is 2.32 bits per heavy atom. The van der Waals surface area contributed by atoms with Gasteiger partial charge in [-0.05, 0) is 48.2 Å². The molecule has 0 radical (unpaired) electrons. The Hall–Kier alpha value is -4.00. The molecule has 172 valence electrons. The molecule has 3 aromatic carbocycles. The highest BCUT2D eigenvalue weighted by Crippen LogP contribution is 2.20. The van der Waals surface area contributed by atoms with Crippen LogP contribution in [0.3, 0.4) is 0 Å². The van der Waals surface area contributed by atoms with Crippen molar-refractivity contribution >= 4 is 22.8 Å². The molecule has 1 aliphatic heterocycles. The standard InChI is InChI=1S/C27H27N5O2/c33-26(28-18-20-6-2-1-3-7-20)22-14-16-31(17-15-22)27(34)23-12-10-21(11-13-23)19-32-25-9-5-4-8-24(25)29-30-32/h1-13,22H,14-19H2,(H,28,33). The Kier molecular flexibility index (Phi) is 6.33. The van der Waals surface area contributed by atoms with Gasteiger partial charge in [-0.15, -0.1) is 5.10 Å². The van der Waals surface area contributed by atoms with Crippen LogP contribution in [0.15, 0.2) is 78.9 Å². The Labute approximate surface area is 198 Å². The fourth-order valence-electron chi connectivity index (χ4n) is 4.42. The zero-order chi connectivity index (χ0) is 23.3. The molecule has 0 unspecified atom stereocenters. The van der Waals surface area contributed by atoms with Gasteiger partial charge in [0.05, 0.1) is 12.1 Å². The molecule has 7 nitrogen and oxygen atoms in total. The SMILES string of the molecule is O=C(NCc1ccccc1)C1CCN(C(=O)c2ccc(Cn3nnc4ccccc43)cc2)CC1. The maximum absolute atomic E-state index is 13.0. The molecule has 0 aliphatic carbocycles. The predicted molar refractivity (Wildman–Crippen MR) is 130 cm³/mol. The lowest BCUT2D eigenvalue weighted by Gasteiger charge is -2.31. The van der Waals surface area contributed by atoms with Gasteiger partial charge in [0.1, 0.15) is 5.52 Å². The number of aromatic nitrogens is 3. The molecule has 1 saturated heterocycles. The second kappa shape index (κ2) is 9.87. The minimum absolute atomic E-state index is 0.0147.